The predicted molar refractivity (Wildman–Crippen MR) is 67.1 cm³/mol. The summed E-state index contributed by atoms with van der Waals surface area (Å²) < 4.78 is 5.17. The number of rotatable bonds is 5. The zero-order chi connectivity index (χ0) is 12.1. The van der Waals surface area contributed by atoms with Crippen LogP contribution in [0.5, 0.6) is 0 Å². The van der Waals surface area contributed by atoms with Gasteiger partial charge in [0.2, 0.25) is 0 Å². The normalized spacial score (nSPS) is 10.6. The third kappa shape index (κ3) is 2.65. The van der Waals surface area contributed by atoms with Gasteiger partial charge in [-0.25, -0.2) is 0 Å². The lowest BCUT2D eigenvalue weighted by atomic mass is 10.1. The van der Waals surface area contributed by atoms with Crippen LogP contribution in [0, 0.1) is 0 Å². The molecule has 17 heavy (non-hydrogen) atoms. The van der Waals surface area contributed by atoms with Crippen LogP contribution < -0.4 is 5.32 Å². The molecule has 90 valence electrons. The fourth-order valence-electron chi connectivity index (χ4n) is 1.74. The zero-order valence-corrected chi connectivity index (χ0v) is 9.82. The fourth-order valence-corrected chi connectivity index (χ4v) is 1.74. The second-order valence-electron chi connectivity index (χ2n) is 3.70. The van der Waals surface area contributed by atoms with Crippen LogP contribution in [0.4, 0.5) is 0 Å². The highest BCUT2D eigenvalue weighted by atomic mass is 16.5. The van der Waals surface area contributed by atoms with Crippen molar-refractivity contribution in [2.45, 2.75) is 6.92 Å². The van der Waals surface area contributed by atoms with E-state index in [4.69, 9.17) is 4.74 Å². The van der Waals surface area contributed by atoms with Gasteiger partial charge in [0, 0.05) is 30.3 Å². The predicted octanol–water partition coefficient (Wildman–Crippen LogP) is 1.93. The van der Waals surface area contributed by atoms with E-state index in [2.05, 4.69) is 10.3 Å². The van der Waals surface area contributed by atoms with Crippen LogP contribution in [0.3, 0.4) is 0 Å². The maximum Gasteiger partial charge on any atom is 0.253 e. The molecule has 0 atom stereocenters. The van der Waals surface area contributed by atoms with Crippen molar-refractivity contribution in [1.82, 2.24) is 10.3 Å². The van der Waals surface area contributed by atoms with Gasteiger partial charge in [0.15, 0.2) is 0 Å². The quantitative estimate of drug-likeness (QED) is 0.774. The van der Waals surface area contributed by atoms with E-state index in [1.54, 1.807) is 6.20 Å². The number of H-pyrrole nitrogens is 1. The first-order valence-corrected chi connectivity index (χ1v) is 5.75. The Hall–Kier alpha value is -1.81. The van der Waals surface area contributed by atoms with Crippen molar-refractivity contribution in [1.29, 1.82) is 0 Å². The number of carbonyl (C=O) groups is 1. The molecule has 0 aliphatic rings. The molecule has 0 fully saturated rings. The second kappa shape index (κ2) is 5.50. The Bertz CT molecular complexity index is 505. The number of fused-ring (bicyclic) bond motifs is 1. The first-order chi connectivity index (χ1) is 8.33. The van der Waals surface area contributed by atoms with Gasteiger partial charge in [-0.15, -0.1) is 0 Å². The van der Waals surface area contributed by atoms with Crippen molar-refractivity contribution < 1.29 is 9.53 Å². The number of carbonyl (C=O) groups excluding carboxylic acids is 1. The monoisotopic (exact) mass is 232 g/mol. The highest BCUT2D eigenvalue weighted by molar-refractivity contribution is 6.06. The standard InChI is InChI=1S/C13H16N2O2/c1-2-17-8-7-14-13(16)11-9-15-12-6-4-3-5-10(11)12/h3-6,9,15H,2,7-8H2,1H3,(H,14,16). The number of benzene rings is 1. The van der Waals surface area contributed by atoms with Gasteiger partial charge in [-0.3, -0.25) is 4.79 Å². The van der Waals surface area contributed by atoms with Gasteiger partial charge in [-0.05, 0) is 13.0 Å². The summed E-state index contributed by atoms with van der Waals surface area (Å²) in [4.78, 5) is 15.0. The summed E-state index contributed by atoms with van der Waals surface area (Å²) in [5, 5.41) is 3.77. The Balaban J connectivity index is 2.04. The average molecular weight is 232 g/mol. The lowest BCUT2D eigenvalue weighted by Gasteiger charge is -2.04. The van der Waals surface area contributed by atoms with E-state index in [0.717, 1.165) is 10.9 Å². The summed E-state index contributed by atoms with van der Waals surface area (Å²) in [5.41, 5.74) is 1.65. The van der Waals surface area contributed by atoms with E-state index < -0.39 is 0 Å². The van der Waals surface area contributed by atoms with Crippen molar-refractivity contribution in [3.8, 4) is 0 Å². The summed E-state index contributed by atoms with van der Waals surface area (Å²) >= 11 is 0. The topological polar surface area (TPSA) is 54.1 Å². The minimum Gasteiger partial charge on any atom is -0.380 e. The summed E-state index contributed by atoms with van der Waals surface area (Å²) in [6.07, 6.45) is 1.74. The van der Waals surface area contributed by atoms with Crippen LogP contribution in [0.15, 0.2) is 30.5 Å². The molecule has 1 aromatic heterocycles. The SMILES string of the molecule is CCOCCNC(=O)c1c[nH]c2ccccc12. The maximum absolute atomic E-state index is 11.9. The Morgan fingerprint density at radius 2 is 2.24 bits per heavy atom. The molecule has 2 aromatic rings. The van der Waals surface area contributed by atoms with Crippen molar-refractivity contribution in [2.24, 2.45) is 0 Å². The van der Waals surface area contributed by atoms with Crippen LogP contribution in [0.2, 0.25) is 0 Å². The molecule has 2 N–H and O–H groups in total. The van der Waals surface area contributed by atoms with E-state index in [-0.39, 0.29) is 5.91 Å². The number of nitrogens with one attached hydrogen (secondary N) is 2. The molecular weight excluding hydrogens is 216 g/mol. The Morgan fingerprint density at radius 1 is 1.41 bits per heavy atom. The number of para-hydroxylation sites is 1. The summed E-state index contributed by atoms with van der Waals surface area (Å²) in [7, 11) is 0. The number of ether oxygens (including phenoxy) is 1. The Morgan fingerprint density at radius 3 is 3.06 bits per heavy atom. The highest BCUT2D eigenvalue weighted by Crippen LogP contribution is 2.17. The molecule has 0 saturated carbocycles. The van der Waals surface area contributed by atoms with Crippen LogP contribution >= 0.6 is 0 Å². The van der Waals surface area contributed by atoms with Crippen LogP contribution in [-0.4, -0.2) is 30.6 Å². The highest BCUT2D eigenvalue weighted by Gasteiger charge is 2.10. The van der Waals surface area contributed by atoms with Crippen molar-refractivity contribution >= 4 is 16.8 Å². The van der Waals surface area contributed by atoms with Crippen molar-refractivity contribution in [3.05, 3.63) is 36.0 Å². The van der Waals surface area contributed by atoms with E-state index in [1.165, 1.54) is 0 Å². The second-order valence-corrected chi connectivity index (χ2v) is 3.70. The van der Waals surface area contributed by atoms with Gasteiger partial charge in [0.1, 0.15) is 0 Å². The van der Waals surface area contributed by atoms with Gasteiger partial charge < -0.3 is 15.0 Å². The summed E-state index contributed by atoms with van der Waals surface area (Å²) in [5.74, 6) is -0.0675. The Labute approximate surface area is 100.0 Å². The molecule has 0 aliphatic heterocycles. The molecule has 0 radical (unpaired) electrons. The Kier molecular flexibility index (Phi) is 3.77. The molecule has 1 aromatic carbocycles. The van der Waals surface area contributed by atoms with Crippen LogP contribution in [-0.2, 0) is 4.74 Å². The summed E-state index contributed by atoms with van der Waals surface area (Å²) in [6, 6.07) is 7.75. The van der Waals surface area contributed by atoms with E-state index in [9.17, 15) is 4.79 Å². The van der Waals surface area contributed by atoms with Gasteiger partial charge in [-0.2, -0.15) is 0 Å². The molecule has 0 spiro atoms. The minimum atomic E-state index is -0.0675. The van der Waals surface area contributed by atoms with Crippen molar-refractivity contribution in [2.75, 3.05) is 19.8 Å². The maximum atomic E-state index is 11.9. The summed E-state index contributed by atoms with van der Waals surface area (Å²) in [6.45, 7) is 3.68. The van der Waals surface area contributed by atoms with E-state index >= 15 is 0 Å². The smallest absolute Gasteiger partial charge is 0.253 e. The number of hydrogen-bond acceptors (Lipinski definition) is 2. The number of hydrogen-bond donors (Lipinski definition) is 2. The molecule has 4 heteroatoms. The van der Waals surface area contributed by atoms with Crippen molar-refractivity contribution in [3.63, 3.8) is 0 Å². The largest absolute Gasteiger partial charge is 0.380 e. The first kappa shape index (κ1) is 11.7. The van der Waals surface area contributed by atoms with Crippen LogP contribution in [0.1, 0.15) is 17.3 Å². The average Bonchev–Trinajstić information content (AvgIpc) is 2.78. The molecule has 1 heterocycles. The molecule has 4 nitrogen and oxygen atoms in total. The molecule has 0 unspecified atom stereocenters. The van der Waals surface area contributed by atoms with Gasteiger partial charge in [-0.1, -0.05) is 18.2 Å². The molecule has 0 saturated heterocycles. The fraction of sp³-hybridized carbons (Fsp3) is 0.308. The minimum absolute atomic E-state index is 0.0675. The number of amides is 1. The third-order valence-corrected chi connectivity index (χ3v) is 2.57. The number of aromatic nitrogens is 1. The van der Waals surface area contributed by atoms with E-state index in [0.29, 0.717) is 25.3 Å². The lowest BCUT2D eigenvalue weighted by molar-refractivity contribution is 0.0924. The molecular formula is C13H16N2O2. The van der Waals surface area contributed by atoms with Gasteiger partial charge in [0.05, 0.1) is 12.2 Å². The molecule has 2 rings (SSSR count). The number of aromatic amines is 1. The molecule has 0 bridgehead atoms. The zero-order valence-electron chi connectivity index (χ0n) is 9.82. The molecule has 1 amide bonds. The lowest BCUT2D eigenvalue weighted by Crippen LogP contribution is -2.27. The third-order valence-electron chi connectivity index (χ3n) is 2.57. The van der Waals surface area contributed by atoms with Gasteiger partial charge in [0.25, 0.3) is 5.91 Å². The molecule has 0 aliphatic carbocycles. The van der Waals surface area contributed by atoms with E-state index in [1.807, 2.05) is 31.2 Å². The van der Waals surface area contributed by atoms with Gasteiger partial charge >= 0.3 is 0 Å². The van der Waals surface area contributed by atoms with Crippen LogP contribution in [0.25, 0.3) is 10.9 Å². The first-order valence-electron chi connectivity index (χ1n) is 5.75.